The van der Waals surface area contributed by atoms with E-state index < -0.39 is 5.91 Å². The Balaban J connectivity index is 1.88. The van der Waals surface area contributed by atoms with E-state index in [9.17, 15) is 4.79 Å². The number of pyridine rings is 1. The van der Waals surface area contributed by atoms with Crippen LogP contribution >= 0.6 is 0 Å². The molecule has 0 aliphatic heterocycles. The molecule has 1 amide bonds. The van der Waals surface area contributed by atoms with Gasteiger partial charge in [0.2, 0.25) is 0 Å². The van der Waals surface area contributed by atoms with Gasteiger partial charge in [-0.05, 0) is 12.1 Å². The summed E-state index contributed by atoms with van der Waals surface area (Å²) in [6.45, 7) is 0.509. The van der Waals surface area contributed by atoms with E-state index >= 15 is 0 Å². The molecule has 0 aromatic carbocycles. The molecule has 0 unspecified atom stereocenters. The Labute approximate surface area is 103 Å². The summed E-state index contributed by atoms with van der Waals surface area (Å²) in [5, 5.41) is 4.07. The molecule has 90 valence electrons. The molecule has 0 spiro atoms. The summed E-state index contributed by atoms with van der Waals surface area (Å²) < 4.78 is 3.58. The standard InChI is InChI=1S/C12H11N5O/c13-12(18)9-5-14-17(6-9)8-10-7-16-4-2-1-3-11(16)15-10/h1-7H,8H2,(H2,13,18). The number of carbonyl (C=O) groups is 1. The van der Waals surface area contributed by atoms with Gasteiger partial charge in [-0.25, -0.2) is 4.98 Å². The van der Waals surface area contributed by atoms with Crippen molar-refractivity contribution in [2.24, 2.45) is 5.73 Å². The molecule has 6 nitrogen and oxygen atoms in total. The van der Waals surface area contributed by atoms with Crippen LogP contribution in [0.3, 0.4) is 0 Å². The van der Waals surface area contributed by atoms with E-state index in [-0.39, 0.29) is 0 Å². The van der Waals surface area contributed by atoms with Crippen molar-refractivity contribution in [2.45, 2.75) is 6.54 Å². The number of nitrogens with two attached hydrogens (primary N) is 1. The van der Waals surface area contributed by atoms with Gasteiger partial charge in [0.1, 0.15) is 5.65 Å². The lowest BCUT2D eigenvalue weighted by Gasteiger charge is -1.95. The lowest BCUT2D eigenvalue weighted by Crippen LogP contribution is -2.09. The van der Waals surface area contributed by atoms with Crippen molar-refractivity contribution < 1.29 is 4.79 Å². The average molecular weight is 241 g/mol. The molecule has 3 rings (SSSR count). The molecule has 2 N–H and O–H groups in total. The third-order valence-corrected chi connectivity index (χ3v) is 2.66. The zero-order valence-electron chi connectivity index (χ0n) is 9.52. The van der Waals surface area contributed by atoms with E-state index in [4.69, 9.17) is 5.73 Å². The highest BCUT2D eigenvalue weighted by atomic mass is 16.1. The third kappa shape index (κ3) is 1.84. The van der Waals surface area contributed by atoms with Crippen molar-refractivity contribution in [1.82, 2.24) is 19.2 Å². The largest absolute Gasteiger partial charge is 0.366 e. The van der Waals surface area contributed by atoms with Crippen LogP contribution in [0.5, 0.6) is 0 Å². The molecule has 0 aliphatic carbocycles. The number of nitrogens with zero attached hydrogens (tertiary/aromatic N) is 4. The first kappa shape index (κ1) is 10.5. The van der Waals surface area contributed by atoms with Gasteiger partial charge >= 0.3 is 0 Å². The summed E-state index contributed by atoms with van der Waals surface area (Å²) in [7, 11) is 0. The maximum Gasteiger partial charge on any atom is 0.251 e. The quantitative estimate of drug-likeness (QED) is 0.732. The second-order valence-electron chi connectivity index (χ2n) is 3.99. The normalized spacial score (nSPS) is 10.9. The summed E-state index contributed by atoms with van der Waals surface area (Å²) in [5.74, 6) is -0.476. The average Bonchev–Trinajstić information content (AvgIpc) is 2.94. The minimum Gasteiger partial charge on any atom is -0.366 e. The highest BCUT2D eigenvalue weighted by Gasteiger charge is 2.06. The van der Waals surface area contributed by atoms with Gasteiger partial charge in [-0.2, -0.15) is 5.10 Å². The minimum atomic E-state index is -0.476. The number of imidazole rings is 1. The molecule has 3 heterocycles. The van der Waals surface area contributed by atoms with Gasteiger partial charge in [-0.15, -0.1) is 0 Å². The molecule has 0 saturated heterocycles. The van der Waals surface area contributed by atoms with Gasteiger partial charge in [-0.3, -0.25) is 9.48 Å². The van der Waals surface area contributed by atoms with E-state index in [1.54, 1.807) is 10.9 Å². The number of amides is 1. The number of hydrogen-bond donors (Lipinski definition) is 1. The fraction of sp³-hybridized carbons (Fsp3) is 0.0833. The highest BCUT2D eigenvalue weighted by Crippen LogP contribution is 2.06. The molecule has 0 aliphatic rings. The number of carbonyl (C=O) groups excluding carboxylic acids is 1. The molecule has 0 radical (unpaired) electrons. The Morgan fingerprint density at radius 3 is 2.94 bits per heavy atom. The maximum atomic E-state index is 11.0. The number of primary amides is 1. The van der Waals surface area contributed by atoms with Gasteiger partial charge in [0.15, 0.2) is 0 Å². The van der Waals surface area contributed by atoms with Crippen LogP contribution in [0.1, 0.15) is 16.1 Å². The first-order chi connectivity index (χ1) is 8.72. The van der Waals surface area contributed by atoms with Gasteiger partial charge in [0.25, 0.3) is 5.91 Å². The van der Waals surface area contributed by atoms with Crippen molar-refractivity contribution in [3.05, 3.63) is 54.2 Å². The van der Waals surface area contributed by atoms with Gasteiger partial charge in [-0.1, -0.05) is 6.07 Å². The topological polar surface area (TPSA) is 78.2 Å². The smallest absolute Gasteiger partial charge is 0.251 e. The molecule has 18 heavy (non-hydrogen) atoms. The van der Waals surface area contributed by atoms with Crippen molar-refractivity contribution in [3.63, 3.8) is 0 Å². The summed E-state index contributed by atoms with van der Waals surface area (Å²) in [6, 6.07) is 5.81. The fourth-order valence-electron chi connectivity index (χ4n) is 1.81. The SMILES string of the molecule is NC(=O)c1cnn(Cc2cn3ccccc3n2)c1. The van der Waals surface area contributed by atoms with Gasteiger partial charge < -0.3 is 10.1 Å². The molecule has 0 saturated carbocycles. The fourth-order valence-corrected chi connectivity index (χ4v) is 1.81. The second kappa shape index (κ2) is 3.99. The second-order valence-corrected chi connectivity index (χ2v) is 3.99. The van der Waals surface area contributed by atoms with Crippen LogP contribution in [0, 0.1) is 0 Å². The monoisotopic (exact) mass is 241 g/mol. The number of aromatic nitrogens is 4. The van der Waals surface area contributed by atoms with E-state index in [1.165, 1.54) is 6.20 Å². The summed E-state index contributed by atoms with van der Waals surface area (Å²) in [5.41, 5.74) is 7.33. The van der Waals surface area contributed by atoms with Crippen molar-refractivity contribution in [2.75, 3.05) is 0 Å². The zero-order valence-corrected chi connectivity index (χ0v) is 9.52. The number of rotatable bonds is 3. The molecule has 6 heteroatoms. The Kier molecular flexibility index (Phi) is 2.33. The predicted molar refractivity (Wildman–Crippen MR) is 65.0 cm³/mol. The molecule has 3 aromatic heterocycles. The van der Waals surface area contributed by atoms with Crippen LogP contribution < -0.4 is 5.73 Å². The van der Waals surface area contributed by atoms with Crippen LogP contribution in [0.4, 0.5) is 0 Å². The van der Waals surface area contributed by atoms with E-state index in [0.717, 1.165) is 11.3 Å². The van der Waals surface area contributed by atoms with Crippen molar-refractivity contribution in [1.29, 1.82) is 0 Å². The van der Waals surface area contributed by atoms with Crippen LogP contribution in [0.15, 0.2) is 43.0 Å². The van der Waals surface area contributed by atoms with Crippen LogP contribution in [0.2, 0.25) is 0 Å². The maximum absolute atomic E-state index is 11.0. The number of hydrogen-bond acceptors (Lipinski definition) is 3. The van der Waals surface area contributed by atoms with Gasteiger partial charge in [0, 0.05) is 18.6 Å². The lowest BCUT2D eigenvalue weighted by atomic mass is 10.3. The minimum absolute atomic E-state index is 0.402. The molecule has 0 bridgehead atoms. The van der Waals surface area contributed by atoms with Crippen LogP contribution in [-0.2, 0) is 6.54 Å². The first-order valence-electron chi connectivity index (χ1n) is 5.47. The Morgan fingerprint density at radius 2 is 2.22 bits per heavy atom. The molecule has 3 aromatic rings. The van der Waals surface area contributed by atoms with E-state index in [1.807, 2.05) is 35.0 Å². The predicted octanol–water partition coefficient (Wildman–Crippen LogP) is 0.678. The highest BCUT2D eigenvalue weighted by molar-refractivity contribution is 5.92. The summed E-state index contributed by atoms with van der Waals surface area (Å²) in [6.07, 6.45) is 6.94. The Bertz CT molecular complexity index is 679. The summed E-state index contributed by atoms with van der Waals surface area (Å²) in [4.78, 5) is 15.4. The van der Waals surface area contributed by atoms with E-state index in [2.05, 4.69) is 10.1 Å². The Hall–Kier alpha value is -2.63. The van der Waals surface area contributed by atoms with Gasteiger partial charge in [0.05, 0.1) is 24.0 Å². The first-order valence-corrected chi connectivity index (χ1v) is 5.47. The van der Waals surface area contributed by atoms with Crippen molar-refractivity contribution >= 4 is 11.6 Å². The Morgan fingerprint density at radius 1 is 1.33 bits per heavy atom. The third-order valence-electron chi connectivity index (χ3n) is 2.66. The van der Waals surface area contributed by atoms with Crippen LogP contribution in [-0.4, -0.2) is 25.1 Å². The van der Waals surface area contributed by atoms with E-state index in [0.29, 0.717) is 12.1 Å². The lowest BCUT2D eigenvalue weighted by molar-refractivity contribution is 0.1000. The number of fused-ring (bicyclic) bond motifs is 1. The molecular formula is C12H11N5O. The van der Waals surface area contributed by atoms with Crippen LogP contribution in [0.25, 0.3) is 5.65 Å². The summed E-state index contributed by atoms with van der Waals surface area (Å²) >= 11 is 0. The zero-order chi connectivity index (χ0) is 12.5. The molecule has 0 fully saturated rings. The molecular weight excluding hydrogens is 230 g/mol. The van der Waals surface area contributed by atoms with Crippen molar-refractivity contribution in [3.8, 4) is 0 Å². The molecule has 0 atom stereocenters.